The Bertz CT molecular complexity index is 1580. The summed E-state index contributed by atoms with van der Waals surface area (Å²) in [5.74, 6) is 0. The predicted octanol–water partition coefficient (Wildman–Crippen LogP) is 6.85. The highest BCUT2D eigenvalue weighted by atomic mass is 15.1. The molecule has 190 valence electrons. The Hall–Kier alpha value is -4.55. The van der Waals surface area contributed by atoms with Crippen LogP contribution < -0.4 is 10.2 Å². The van der Waals surface area contributed by atoms with Gasteiger partial charge in [0.15, 0.2) is 0 Å². The standard InChI is InChI=1S/C32H32N6/c1-23(2)31(37(28-9-7-16-34-20-28)21-24(3)30-11-5-6-17-35-30)25-12-14-27(15-13-25)38-22-26(19-33-4)29-10-8-18-36-32(29)38/h5-18,20-22,33H,19H2,1-4H3/b24-21+. The average Bonchev–Trinajstić information content (AvgIpc) is 3.32. The van der Waals surface area contributed by atoms with Crippen LogP contribution in [0.2, 0.25) is 0 Å². The van der Waals surface area contributed by atoms with Crippen LogP contribution in [0.4, 0.5) is 5.69 Å². The Balaban J connectivity index is 1.57. The first kappa shape index (κ1) is 25.1. The van der Waals surface area contributed by atoms with E-state index in [1.54, 1.807) is 6.20 Å². The van der Waals surface area contributed by atoms with Crippen molar-refractivity contribution in [3.8, 4) is 5.69 Å². The van der Waals surface area contributed by atoms with Crippen molar-refractivity contribution in [1.29, 1.82) is 0 Å². The summed E-state index contributed by atoms with van der Waals surface area (Å²) >= 11 is 0. The Morgan fingerprint density at radius 2 is 1.68 bits per heavy atom. The summed E-state index contributed by atoms with van der Waals surface area (Å²) in [7, 11) is 1.97. The van der Waals surface area contributed by atoms with E-state index in [9.17, 15) is 0 Å². The maximum Gasteiger partial charge on any atom is 0.144 e. The molecular weight excluding hydrogens is 468 g/mol. The molecule has 38 heavy (non-hydrogen) atoms. The molecule has 4 aromatic heterocycles. The van der Waals surface area contributed by atoms with E-state index in [0.717, 1.165) is 51.5 Å². The van der Waals surface area contributed by atoms with Gasteiger partial charge in [0, 0.05) is 48.6 Å². The third-order valence-electron chi connectivity index (χ3n) is 6.46. The molecule has 0 radical (unpaired) electrons. The maximum atomic E-state index is 4.67. The Morgan fingerprint density at radius 3 is 2.37 bits per heavy atom. The molecule has 0 amide bonds. The van der Waals surface area contributed by atoms with Crippen LogP contribution in [-0.2, 0) is 6.54 Å². The molecule has 0 aliphatic rings. The highest BCUT2D eigenvalue weighted by Gasteiger charge is 2.16. The number of anilines is 1. The normalized spacial score (nSPS) is 11.5. The lowest BCUT2D eigenvalue weighted by molar-refractivity contribution is 0.820. The smallest absolute Gasteiger partial charge is 0.144 e. The third kappa shape index (κ3) is 5.12. The quantitative estimate of drug-likeness (QED) is 0.252. The molecule has 0 bridgehead atoms. The second kappa shape index (κ2) is 11.2. The van der Waals surface area contributed by atoms with Crippen molar-refractivity contribution < 1.29 is 0 Å². The molecule has 6 nitrogen and oxygen atoms in total. The van der Waals surface area contributed by atoms with E-state index in [-0.39, 0.29) is 0 Å². The number of benzene rings is 1. The predicted molar refractivity (Wildman–Crippen MR) is 157 cm³/mol. The molecule has 5 aromatic rings. The number of nitrogens with zero attached hydrogens (tertiary/aromatic N) is 5. The van der Waals surface area contributed by atoms with Crippen LogP contribution in [0.1, 0.15) is 37.6 Å². The van der Waals surface area contributed by atoms with Gasteiger partial charge in [0.2, 0.25) is 0 Å². The number of hydrogen-bond donors (Lipinski definition) is 1. The summed E-state index contributed by atoms with van der Waals surface area (Å²) in [4.78, 5) is 15.8. The largest absolute Gasteiger partial charge is 0.316 e. The number of rotatable bonds is 8. The zero-order chi connectivity index (χ0) is 26.5. The minimum absolute atomic E-state index is 0.789. The van der Waals surface area contributed by atoms with E-state index in [4.69, 9.17) is 0 Å². The molecule has 0 aliphatic carbocycles. The van der Waals surface area contributed by atoms with Crippen LogP contribution in [0.3, 0.4) is 0 Å². The molecule has 1 aromatic carbocycles. The van der Waals surface area contributed by atoms with E-state index in [1.165, 1.54) is 11.1 Å². The molecule has 0 saturated carbocycles. The summed E-state index contributed by atoms with van der Waals surface area (Å²) in [5.41, 5.74) is 9.65. The van der Waals surface area contributed by atoms with Crippen LogP contribution in [0.15, 0.2) is 109 Å². The molecule has 0 spiro atoms. The van der Waals surface area contributed by atoms with Crippen molar-refractivity contribution in [3.05, 3.63) is 126 Å². The minimum Gasteiger partial charge on any atom is -0.316 e. The van der Waals surface area contributed by atoms with Crippen molar-refractivity contribution in [2.24, 2.45) is 0 Å². The van der Waals surface area contributed by atoms with Crippen LogP contribution in [0.25, 0.3) is 28.0 Å². The second-order valence-corrected chi connectivity index (χ2v) is 9.43. The zero-order valence-electron chi connectivity index (χ0n) is 22.3. The second-order valence-electron chi connectivity index (χ2n) is 9.43. The third-order valence-corrected chi connectivity index (χ3v) is 6.46. The lowest BCUT2D eigenvalue weighted by Crippen LogP contribution is -2.17. The van der Waals surface area contributed by atoms with E-state index in [1.807, 2.05) is 56.0 Å². The van der Waals surface area contributed by atoms with Crippen LogP contribution in [0.5, 0.6) is 0 Å². The number of allylic oxidation sites excluding steroid dienone is 2. The van der Waals surface area contributed by atoms with Gasteiger partial charge in [0.1, 0.15) is 5.65 Å². The zero-order valence-corrected chi connectivity index (χ0v) is 22.3. The Labute approximate surface area is 224 Å². The van der Waals surface area contributed by atoms with Crippen LogP contribution in [-0.4, -0.2) is 26.6 Å². The molecule has 0 atom stereocenters. The van der Waals surface area contributed by atoms with Crippen molar-refractivity contribution in [1.82, 2.24) is 24.8 Å². The van der Waals surface area contributed by atoms with Gasteiger partial charge < -0.3 is 14.8 Å². The lowest BCUT2D eigenvalue weighted by atomic mass is 10.0. The summed E-state index contributed by atoms with van der Waals surface area (Å²) in [6, 6.07) is 22.8. The van der Waals surface area contributed by atoms with E-state index in [0.29, 0.717) is 0 Å². The van der Waals surface area contributed by atoms with Crippen molar-refractivity contribution in [2.75, 3.05) is 11.9 Å². The Morgan fingerprint density at radius 1 is 0.895 bits per heavy atom. The van der Waals surface area contributed by atoms with Crippen molar-refractivity contribution in [3.63, 3.8) is 0 Å². The number of nitrogens with one attached hydrogen (secondary N) is 1. The monoisotopic (exact) mass is 500 g/mol. The molecule has 5 rings (SSSR count). The van der Waals surface area contributed by atoms with Gasteiger partial charge in [0.25, 0.3) is 0 Å². The maximum absolute atomic E-state index is 4.67. The Kier molecular flexibility index (Phi) is 7.43. The molecule has 4 heterocycles. The topological polar surface area (TPSA) is 58.9 Å². The molecule has 0 unspecified atom stereocenters. The van der Waals surface area contributed by atoms with E-state index < -0.39 is 0 Å². The number of pyridine rings is 3. The van der Waals surface area contributed by atoms with Gasteiger partial charge in [-0.15, -0.1) is 0 Å². The lowest BCUT2D eigenvalue weighted by Gasteiger charge is -2.27. The van der Waals surface area contributed by atoms with Gasteiger partial charge in [0.05, 0.1) is 23.3 Å². The first-order valence-corrected chi connectivity index (χ1v) is 12.7. The SMILES string of the molecule is CNCc1cn(-c2ccc(C(=C(C)C)N(/C=C(\C)c3ccccn3)c3cccnc3)cc2)c2ncccc12. The van der Waals surface area contributed by atoms with E-state index >= 15 is 0 Å². The summed E-state index contributed by atoms with van der Waals surface area (Å²) in [5, 5.41) is 4.43. The fourth-order valence-corrected chi connectivity index (χ4v) is 4.72. The summed E-state index contributed by atoms with van der Waals surface area (Å²) < 4.78 is 2.16. The van der Waals surface area contributed by atoms with Gasteiger partial charge in [-0.1, -0.05) is 23.8 Å². The average molecular weight is 501 g/mol. The molecule has 0 aliphatic heterocycles. The fraction of sp³-hybridized carbons (Fsp3) is 0.156. The van der Waals surface area contributed by atoms with Gasteiger partial charge in [-0.3, -0.25) is 9.97 Å². The van der Waals surface area contributed by atoms with Crippen LogP contribution >= 0.6 is 0 Å². The molecule has 1 N–H and O–H groups in total. The number of hydrogen-bond acceptors (Lipinski definition) is 5. The highest BCUT2D eigenvalue weighted by molar-refractivity contribution is 5.86. The molecule has 0 saturated heterocycles. The van der Waals surface area contributed by atoms with Crippen molar-refractivity contribution >= 4 is 28.0 Å². The van der Waals surface area contributed by atoms with Gasteiger partial charge >= 0.3 is 0 Å². The molecule has 0 fully saturated rings. The first-order valence-electron chi connectivity index (χ1n) is 12.7. The number of aromatic nitrogens is 4. The minimum atomic E-state index is 0.789. The van der Waals surface area contributed by atoms with Crippen LogP contribution in [0, 0.1) is 0 Å². The van der Waals surface area contributed by atoms with Gasteiger partial charge in [-0.25, -0.2) is 4.98 Å². The van der Waals surface area contributed by atoms with Gasteiger partial charge in [-0.2, -0.15) is 0 Å². The van der Waals surface area contributed by atoms with Gasteiger partial charge in [-0.05, 0) is 93.0 Å². The molecule has 6 heteroatoms. The first-order chi connectivity index (χ1) is 18.6. The van der Waals surface area contributed by atoms with Crippen molar-refractivity contribution in [2.45, 2.75) is 27.3 Å². The summed E-state index contributed by atoms with van der Waals surface area (Å²) in [6.45, 7) is 7.16. The number of fused-ring (bicyclic) bond motifs is 1. The molecular formula is C32H32N6. The highest BCUT2D eigenvalue weighted by Crippen LogP contribution is 2.32. The van der Waals surface area contributed by atoms with E-state index in [2.05, 4.69) is 99.3 Å². The fourth-order valence-electron chi connectivity index (χ4n) is 4.72. The summed E-state index contributed by atoms with van der Waals surface area (Å²) in [6.07, 6.45) is 11.7.